The molecule has 0 heterocycles. The second kappa shape index (κ2) is 14.2. The SMILES string of the molecule is COc1ccc(S(=O)(=O)N(CC(=O)N(Cc2ccc(C)cc2)[C@@H](C)C(=O)NCC(C)C)c2ccc(F)cc2)cc1OC. The van der Waals surface area contributed by atoms with Crippen LogP contribution in [0.5, 0.6) is 11.5 Å². The summed E-state index contributed by atoms with van der Waals surface area (Å²) in [7, 11) is -1.57. The van der Waals surface area contributed by atoms with Gasteiger partial charge in [-0.3, -0.25) is 13.9 Å². The molecule has 0 fully saturated rings. The van der Waals surface area contributed by atoms with Gasteiger partial charge >= 0.3 is 0 Å². The minimum atomic E-state index is -4.37. The van der Waals surface area contributed by atoms with E-state index < -0.39 is 34.3 Å². The summed E-state index contributed by atoms with van der Waals surface area (Å²) in [6.45, 7) is 7.31. The molecule has 0 spiro atoms. The molecule has 1 atom stereocenters. The highest BCUT2D eigenvalue weighted by molar-refractivity contribution is 7.92. The molecule has 0 saturated heterocycles. The zero-order valence-corrected chi connectivity index (χ0v) is 25.6. The van der Waals surface area contributed by atoms with Crippen LogP contribution in [0.4, 0.5) is 10.1 Å². The van der Waals surface area contributed by atoms with Gasteiger partial charge in [0.05, 0.1) is 24.8 Å². The first-order valence-corrected chi connectivity index (χ1v) is 14.9. The normalized spacial score (nSPS) is 12.0. The second-order valence-electron chi connectivity index (χ2n) is 10.3. The average molecular weight is 600 g/mol. The summed E-state index contributed by atoms with van der Waals surface area (Å²) in [5.74, 6) is -0.837. The first kappa shape index (κ1) is 32.4. The zero-order chi connectivity index (χ0) is 31.0. The fraction of sp³-hybridized carbons (Fsp3) is 0.355. The van der Waals surface area contributed by atoms with Crippen LogP contribution in [-0.2, 0) is 26.2 Å². The summed E-state index contributed by atoms with van der Waals surface area (Å²) in [6, 6.07) is 15.5. The Balaban J connectivity index is 2.04. The number of nitrogens with one attached hydrogen (secondary N) is 1. The van der Waals surface area contributed by atoms with Crippen molar-refractivity contribution in [3.8, 4) is 11.5 Å². The van der Waals surface area contributed by atoms with Crippen LogP contribution >= 0.6 is 0 Å². The lowest BCUT2D eigenvalue weighted by Gasteiger charge is -2.32. The molecule has 226 valence electrons. The van der Waals surface area contributed by atoms with Gasteiger partial charge in [-0.05, 0) is 61.7 Å². The lowest BCUT2D eigenvalue weighted by molar-refractivity contribution is -0.139. The number of anilines is 1. The van der Waals surface area contributed by atoms with Gasteiger partial charge < -0.3 is 19.7 Å². The monoisotopic (exact) mass is 599 g/mol. The first-order valence-electron chi connectivity index (χ1n) is 13.5. The van der Waals surface area contributed by atoms with E-state index in [4.69, 9.17) is 9.47 Å². The van der Waals surface area contributed by atoms with E-state index >= 15 is 0 Å². The van der Waals surface area contributed by atoms with Crippen LogP contribution in [0.1, 0.15) is 31.9 Å². The number of carbonyl (C=O) groups excluding carboxylic acids is 2. The van der Waals surface area contributed by atoms with Gasteiger partial charge in [0.1, 0.15) is 18.4 Å². The Morgan fingerprint density at radius 3 is 2.10 bits per heavy atom. The summed E-state index contributed by atoms with van der Waals surface area (Å²) >= 11 is 0. The highest BCUT2D eigenvalue weighted by atomic mass is 32.2. The van der Waals surface area contributed by atoms with Crippen LogP contribution in [-0.4, -0.2) is 58.5 Å². The highest BCUT2D eigenvalue weighted by Gasteiger charge is 2.33. The Bertz CT molecular complexity index is 1480. The Labute approximate surface area is 247 Å². The molecule has 0 saturated carbocycles. The van der Waals surface area contributed by atoms with Crippen molar-refractivity contribution in [3.05, 3.63) is 83.7 Å². The fourth-order valence-electron chi connectivity index (χ4n) is 4.17. The van der Waals surface area contributed by atoms with Gasteiger partial charge in [0, 0.05) is 19.2 Å². The molecule has 42 heavy (non-hydrogen) atoms. The number of halogens is 1. The zero-order valence-electron chi connectivity index (χ0n) is 24.8. The van der Waals surface area contributed by atoms with Crippen molar-refractivity contribution in [1.82, 2.24) is 10.2 Å². The van der Waals surface area contributed by atoms with Crippen molar-refractivity contribution in [2.24, 2.45) is 5.92 Å². The molecule has 9 nitrogen and oxygen atoms in total. The molecule has 11 heteroatoms. The van der Waals surface area contributed by atoms with Crippen molar-refractivity contribution in [3.63, 3.8) is 0 Å². The maximum atomic E-state index is 14.0. The van der Waals surface area contributed by atoms with E-state index in [-0.39, 0.29) is 34.7 Å². The van der Waals surface area contributed by atoms with Gasteiger partial charge in [0.25, 0.3) is 10.0 Å². The van der Waals surface area contributed by atoms with E-state index in [0.717, 1.165) is 27.6 Å². The molecular formula is C31H38FN3O6S. The number of hydrogen-bond acceptors (Lipinski definition) is 6. The van der Waals surface area contributed by atoms with E-state index in [1.807, 2.05) is 45.0 Å². The van der Waals surface area contributed by atoms with Crippen LogP contribution in [0, 0.1) is 18.7 Å². The molecule has 3 aromatic rings. The Hall–Kier alpha value is -4.12. The third kappa shape index (κ3) is 8.00. The standard InChI is InChI=1S/C31H38FN3O6S/c1-21(2)18-33-31(37)23(4)34(19-24-9-7-22(3)8-10-24)30(36)20-35(26-13-11-25(32)12-14-26)42(38,39)27-15-16-28(40-5)29(17-27)41-6/h7-17,21,23H,18-20H2,1-6H3,(H,33,37)/t23-/m0/s1. The van der Waals surface area contributed by atoms with Crippen LogP contribution in [0.15, 0.2) is 71.6 Å². The van der Waals surface area contributed by atoms with Crippen molar-refractivity contribution in [2.45, 2.75) is 45.2 Å². The van der Waals surface area contributed by atoms with Crippen LogP contribution in [0.2, 0.25) is 0 Å². The van der Waals surface area contributed by atoms with Gasteiger partial charge in [-0.25, -0.2) is 12.8 Å². The van der Waals surface area contributed by atoms with Gasteiger partial charge in [-0.15, -0.1) is 0 Å². The number of methoxy groups -OCH3 is 2. The molecule has 0 radical (unpaired) electrons. The maximum absolute atomic E-state index is 14.0. The number of aryl methyl sites for hydroxylation is 1. The molecule has 0 aliphatic heterocycles. The molecule has 0 unspecified atom stereocenters. The summed E-state index contributed by atoms with van der Waals surface area (Å²) in [6.07, 6.45) is 0. The molecule has 0 bridgehead atoms. The van der Waals surface area contributed by atoms with E-state index in [1.54, 1.807) is 6.92 Å². The fourth-order valence-corrected chi connectivity index (χ4v) is 5.60. The topological polar surface area (TPSA) is 105 Å². The molecule has 1 N–H and O–H groups in total. The highest BCUT2D eigenvalue weighted by Crippen LogP contribution is 2.32. The van der Waals surface area contributed by atoms with Crippen LogP contribution in [0.3, 0.4) is 0 Å². The number of ether oxygens (including phenoxy) is 2. The number of nitrogens with zero attached hydrogens (tertiary/aromatic N) is 2. The predicted molar refractivity (Wildman–Crippen MR) is 160 cm³/mol. The van der Waals surface area contributed by atoms with Crippen molar-refractivity contribution >= 4 is 27.5 Å². The summed E-state index contributed by atoms with van der Waals surface area (Å²) in [5, 5.41) is 2.85. The van der Waals surface area contributed by atoms with E-state index in [9.17, 15) is 22.4 Å². The summed E-state index contributed by atoms with van der Waals surface area (Å²) < 4.78 is 53.3. The molecule has 3 aromatic carbocycles. The smallest absolute Gasteiger partial charge is 0.264 e. The molecule has 2 amide bonds. The Kier molecular flexibility index (Phi) is 10.9. The Morgan fingerprint density at radius 2 is 1.52 bits per heavy atom. The van der Waals surface area contributed by atoms with Gasteiger partial charge in [-0.1, -0.05) is 43.7 Å². The largest absolute Gasteiger partial charge is 0.493 e. The number of amides is 2. The van der Waals surface area contributed by atoms with Crippen molar-refractivity contribution < 1.29 is 31.9 Å². The minimum Gasteiger partial charge on any atom is -0.493 e. The molecule has 0 aliphatic carbocycles. The minimum absolute atomic E-state index is 0.0725. The van der Waals surface area contributed by atoms with Gasteiger partial charge in [0.15, 0.2) is 11.5 Å². The van der Waals surface area contributed by atoms with E-state index in [2.05, 4.69) is 5.32 Å². The number of sulfonamides is 1. The molecule has 3 rings (SSSR count). The molecule has 0 aliphatic rings. The summed E-state index contributed by atoms with van der Waals surface area (Å²) in [4.78, 5) is 28.2. The van der Waals surface area contributed by atoms with Gasteiger partial charge in [0.2, 0.25) is 11.8 Å². The van der Waals surface area contributed by atoms with E-state index in [1.165, 1.54) is 49.5 Å². The maximum Gasteiger partial charge on any atom is 0.264 e. The first-order chi connectivity index (χ1) is 19.9. The Morgan fingerprint density at radius 1 is 0.905 bits per heavy atom. The van der Waals surface area contributed by atoms with Crippen molar-refractivity contribution in [1.29, 1.82) is 0 Å². The number of benzene rings is 3. The average Bonchev–Trinajstić information content (AvgIpc) is 2.97. The van der Waals surface area contributed by atoms with Crippen molar-refractivity contribution in [2.75, 3.05) is 31.6 Å². The third-order valence-electron chi connectivity index (χ3n) is 6.66. The number of carbonyl (C=O) groups is 2. The van der Waals surface area contributed by atoms with E-state index in [0.29, 0.717) is 12.3 Å². The lowest BCUT2D eigenvalue weighted by atomic mass is 10.1. The second-order valence-corrected chi connectivity index (χ2v) is 12.2. The predicted octanol–water partition coefficient (Wildman–Crippen LogP) is 4.54. The van der Waals surface area contributed by atoms with Crippen LogP contribution in [0.25, 0.3) is 0 Å². The summed E-state index contributed by atoms with van der Waals surface area (Å²) in [5.41, 5.74) is 1.88. The third-order valence-corrected chi connectivity index (χ3v) is 8.43. The number of rotatable bonds is 13. The molecular weight excluding hydrogens is 561 g/mol. The molecule has 0 aromatic heterocycles. The lowest BCUT2D eigenvalue weighted by Crippen LogP contribution is -2.51. The van der Waals surface area contributed by atoms with Crippen LogP contribution < -0.4 is 19.1 Å². The number of hydrogen-bond donors (Lipinski definition) is 1. The van der Waals surface area contributed by atoms with Gasteiger partial charge in [-0.2, -0.15) is 0 Å². The quantitative estimate of drug-likeness (QED) is 0.310.